The van der Waals surface area contributed by atoms with Crippen LogP contribution in [0.3, 0.4) is 0 Å². The number of Topliss-reactive ketones (excluding diaryl/α,β-unsaturated/α-hetero) is 1. The number of halogens is 3. The van der Waals surface area contributed by atoms with E-state index in [1.54, 1.807) is 21.7 Å². The predicted octanol–water partition coefficient (Wildman–Crippen LogP) is 4.90. The van der Waals surface area contributed by atoms with E-state index in [9.17, 15) is 22.8 Å². The topological polar surface area (TPSA) is 55.2 Å². The number of hydrogen-bond donors (Lipinski definition) is 0. The fourth-order valence-electron chi connectivity index (χ4n) is 4.97. The van der Waals surface area contributed by atoms with Gasteiger partial charge in [0.25, 0.3) is 5.91 Å². The molecule has 5 rings (SSSR count). The van der Waals surface area contributed by atoms with Crippen molar-refractivity contribution in [3.05, 3.63) is 82.4 Å². The second-order valence-electron chi connectivity index (χ2n) is 8.92. The fraction of sp³-hybridized carbons (Fsp3) is 0.346. The minimum atomic E-state index is -0.733. The van der Waals surface area contributed by atoms with Crippen LogP contribution in [0.25, 0.3) is 5.69 Å². The molecule has 0 saturated carbocycles. The van der Waals surface area contributed by atoms with Crippen LogP contribution in [-0.2, 0) is 12.8 Å². The highest BCUT2D eigenvalue weighted by Crippen LogP contribution is 2.30. The van der Waals surface area contributed by atoms with Crippen LogP contribution in [0.2, 0.25) is 0 Å². The highest BCUT2D eigenvalue weighted by molar-refractivity contribution is 5.98. The molecule has 0 bridgehead atoms. The Morgan fingerprint density at radius 3 is 2.29 bits per heavy atom. The second kappa shape index (κ2) is 9.08. The van der Waals surface area contributed by atoms with E-state index < -0.39 is 23.3 Å². The van der Waals surface area contributed by atoms with E-state index in [1.807, 2.05) is 0 Å². The lowest BCUT2D eigenvalue weighted by Gasteiger charge is -2.31. The first-order valence-corrected chi connectivity index (χ1v) is 11.6. The third-order valence-electron chi connectivity index (χ3n) is 6.80. The minimum absolute atomic E-state index is 0.193. The van der Waals surface area contributed by atoms with Gasteiger partial charge in [-0.25, -0.2) is 17.9 Å². The number of aromatic nitrogens is 2. The van der Waals surface area contributed by atoms with E-state index in [-0.39, 0.29) is 17.3 Å². The Labute approximate surface area is 195 Å². The first-order chi connectivity index (χ1) is 16.4. The molecule has 5 nitrogen and oxygen atoms in total. The molecule has 1 aliphatic heterocycles. The van der Waals surface area contributed by atoms with Crippen molar-refractivity contribution >= 4 is 11.7 Å². The quantitative estimate of drug-likeness (QED) is 0.513. The molecule has 0 radical (unpaired) electrons. The van der Waals surface area contributed by atoms with Crippen molar-refractivity contribution in [3.63, 3.8) is 0 Å². The number of amides is 1. The summed E-state index contributed by atoms with van der Waals surface area (Å²) in [7, 11) is 0. The molecular formula is C26H24F3N3O2. The molecule has 0 spiro atoms. The van der Waals surface area contributed by atoms with Gasteiger partial charge >= 0.3 is 0 Å². The summed E-state index contributed by atoms with van der Waals surface area (Å²) < 4.78 is 42.7. The highest BCUT2D eigenvalue weighted by Gasteiger charge is 2.33. The van der Waals surface area contributed by atoms with Crippen molar-refractivity contribution in [2.24, 2.45) is 5.92 Å². The van der Waals surface area contributed by atoms with Crippen molar-refractivity contribution in [3.8, 4) is 5.69 Å². The van der Waals surface area contributed by atoms with Gasteiger partial charge in [0.2, 0.25) is 0 Å². The summed E-state index contributed by atoms with van der Waals surface area (Å²) in [6.07, 6.45) is 4.27. The SMILES string of the molecule is O=C(c1cc(F)ccc1F)C1CCN(C(=O)c2nn(-c3ccc(F)cc3)c3c2CCCC3)CC1. The van der Waals surface area contributed by atoms with Crippen molar-refractivity contribution in [1.82, 2.24) is 14.7 Å². The van der Waals surface area contributed by atoms with Crippen LogP contribution < -0.4 is 0 Å². The van der Waals surface area contributed by atoms with Gasteiger partial charge in [0.15, 0.2) is 11.5 Å². The summed E-state index contributed by atoms with van der Waals surface area (Å²) in [6.45, 7) is 0.675. The minimum Gasteiger partial charge on any atom is -0.337 e. The summed E-state index contributed by atoms with van der Waals surface area (Å²) in [5, 5.41) is 4.63. The van der Waals surface area contributed by atoms with E-state index in [0.717, 1.165) is 55.1 Å². The monoisotopic (exact) mass is 467 g/mol. The van der Waals surface area contributed by atoms with Crippen molar-refractivity contribution in [2.45, 2.75) is 38.5 Å². The second-order valence-corrected chi connectivity index (χ2v) is 8.92. The molecule has 2 aromatic carbocycles. The summed E-state index contributed by atoms with van der Waals surface area (Å²) in [6, 6.07) is 8.92. The highest BCUT2D eigenvalue weighted by atomic mass is 19.1. The molecule has 8 heteroatoms. The van der Waals surface area contributed by atoms with Crippen molar-refractivity contribution < 1.29 is 22.8 Å². The number of nitrogens with zero attached hydrogens (tertiary/aromatic N) is 3. The standard InChI is InChI=1S/C26H24F3N3O2/c27-17-5-8-19(9-6-17)32-23-4-2-1-3-20(23)24(30-32)26(34)31-13-11-16(12-14-31)25(33)21-15-18(28)7-10-22(21)29/h5-10,15-16H,1-4,11-14H2. The molecule has 1 fully saturated rings. The van der Waals surface area contributed by atoms with Crippen molar-refractivity contribution in [2.75, 3.05) is 13.1 Å². The smallest absolute Gasteiger partial charge is 0.274 e. The number of piperidine rings is 1. The number of fused-ring (bicyclic) bond motifs is 1. The van der Waals surface area contributed by atoms with Crippen LogP contribution >= 0.6 is 0 Å². The molecule has 0 atom stereocenters. The average molecular weight is 467 g/mol. The maximum atomic E-state index is 14.0. The number of ketones is 1. The summed E-state index contributed by atoms with van der Waals surface area (Å²) in [4.78, 5) is 27.8. The molecule has 1 aromatic heterocycles. The summed E-state index contributed by atoms with van der Waals surface area (Å²) >= 11 is 0. The number of rotatable bonds is 4. The predicted molar refractivity (Wildman–Crippen MR) is 119 cm³/mol. The van der Waals surface area contributed by atoms with Gasteiger partial charge in [-0.15, -0.1) is 0 Å². The van der Waals surface area contributed by atoms with Gasteiger partial charge in [-0.05, 0) is 81.0 Å². The normalized spacial score (nSPS) is 16.4. The lowest BCUT2D eigenvalue weighted by molar-refractivity contribution is 0.0643. The van der Waals surface area contributed by atoms with E-state index in [0.29, 0.717) is 37.3 Å². The van der Waals surface area contributed by atoms with Crippen LogP contribution in [0.15, 0.2) is 42.5 Å². The maximum absolute atomic E-state index is 14.0. The third-order valence-corrected chi connectivity index (χ3v) is 6.80. The Bertz CT molecular complexity index is 1240. The zero-order valence-corrected chi connectivity index (χ0v) is 18.6. The maximum Gasteiger partial charge on any atom is 0.274 e. The van der Waals surface area contributed by atoms with Crippen LogP contribution in [-0.4, -0.2) is 39.5 Å². The lowest BCUT2D eigenvalue weighted by Crippen LogP contribution is -2.41. The van der Waals surface area contributed by atoms with Gasteiger partial charge in [-0.2, -0.15) is 5.10 Å². The van der Waals surface area contributed by atoms with Gasteiger partial charge in [-0.1, -0.05) is 0 Å². The van der Waals surface area contributed by atoms with E-state index in [1.165, 1.54) is 12.1 Å². The Balaban J connectivity index is 1.34. The Morgan fingerprint density at radius 1 is 0.882 bits per heavy atom. The molecule has 3 aromatic rings. The van der Waals surface area contributed by atoms with Crippen LogP contribution in [0.5, 0.6) is 0 Å². The van der Waals surface area contributed by atoms with Crippen LogP contribution in [0.1, 0.15) is 57.8 Å². The largest absolute Gasteiger partial charge is 0.337 e. The van der Waals surface area contributed by atoms with Crippen LogP contribution in [0.4, 0.5) is 13.2 Å². The van der Waals surface area contributed by atoms with Gasteiger partial charge in [0, 0.05) is 30.3 Å². The molecule has 1 amide bonds. The number of carbonyl (C=O) groups is 2. The van der Waals surface area contributed by atoms with Gasteiger partial charge in [0.1, 0.15) is 17.5 Å². The molecule has 2 aliphatic rings. The Morgan fingerprint density at radius 2 is 1.56 bits per heavy atom. The van der Waals surface area contributed by atoms with E-state index in [2.05, 4.69) is 5.10 Å². The van der Waals surface area contributed by atoms with Gasteiger partial charge in [0.05, 0.1) is 11.3 Å². The Hall–Kier alpha value is -3.42. The van der Waals surface area contributed by atoms with Crippen LogP contribution in [0, 0.1) is 23.4 Å². The summed E-state index contributed by atoms with van der Waals surface area (Å²) in [5.41, 5.74) is 2.78. The van der Waals surface area contributed by atoms with Gasteiger partial charge in [-0.3, -0.25) is 9.59 Å². The molecule has 1 aliphatic carbocycles. The molecule has 2 heterocycles. The molecule has 1 saturated heterocycles. The number of benzene rings is 2. The van der Waals surface area contributed by atoms with E-state index >= 15 is 0 Å². The zero-order valence-electron chi connectivity index (χ0n) is 18.6. The number of hydrogen-bond acceptors (Lipinski definition) is 3. The summed E-state index contributed by atoms with van der Waals surface area (Å²) in [5.74, 6) is -2.81. The molecule has 34 heavy (non-hydrogen) atoms. The number of carbonyl (C=O) groups excluding carboxylic acids is 2. The average Bonchev–Trinajstić information content (AvgIpc) is 3.25. The van der Waals surface area contributed by atoms with Crippen molar-refractivity contribution in [1.29, 1.82) is 0 Å². The first-order valence-electron chi connectivity index (χ1n) is 11.6. The number of likely N-dealkylation sites (tertiary alicyclic amines) is 1. The lowest BCUT2D eigenvalue weighted by atomic mass is 9.88. The van der Waals surface area contributed by atoms with Gasteiger partial charge < -0.3 is 4.90 Å². The molecule has 0 N–H and O–H groups in total. The van der Waals surface area contributed by atoms with E-state index in [4.69, 9.17) is 0 Å². The Kier molecular flexibility index (Phi) is 5.98. The first kappa shape index (κ1) is 22.4. The molecule has 0 unspecified atom stereocenters. The fourth-order valence-corrected chi connectivity index (χ4v) is 4.97. The molecule has 176 valence electrons. The molecular weight excluding hydrogens is 443 g/mol. The zero-order chi connectivity index (χ0) is 23.8. The third kappa shape index (κ3) is 4.13.